The van der Waals surface area contributed by atoms with E-state index in [1.807, 2.05) is 0 Å². The largest absolute Gasteiger partial charge is 0.482 e. The Bertz CT molecular complexity index is 970. The average Bonchev–Trinajstić information content (AvgIpc) is 2.64. The molecule has 2 N–H and O–H groups in total. The van der Waals surface area contributed by atoms with Crippen molar-refractivity contribution in [3.05, 3.63) is 48.3 Å². The van der Waals surface area contributed by atoms with Crippen molar-refractivity contribution in [1.29, 1.82) is 0 Å². The summed E-state index contributed by atoms with van der Waals surface area (Å²) >= 11 is 0. The van der Waals surface area contributed by atoms with E-state index in [4.69, 9.17) is 9.47 Å². The van der Waals surface area contributed by atoms with Crippen molar-refractivity contribution in [3.8, 4) is 5.75 Å². The average molecular weight is 415 g/mol. The third-order valence-corrected chi connectivity index (χ3v) is 3.98. The number of hydrogen-bond acceptors (Lipinski definition) is 5. The number of ether oxygens (including phenoxy) is 2. The van der Waals surface area contributed by atoms with Gasteiger partial charge in [0.1, 0.15) is 23.7 Å². The Morgan fingerprint density at radius 2 is 1.77 bits per heavy atom. The van der Waals surface area contributed by atoms with Crippen LogP contribution in [0.2, 0.25) is 0 Å². The Labute approximate surface area is 173 Å². The maximum atomic E-state index is 13.0. The minimum atomic E-state index is -0.665. The molecule has 2 aromatic carbocycles. The van der Waals surface area contributed by atoms with E-state index in [1.54, 1.807) is 32.9 Å². The van der Waals surface area contributed by atoms with Crippen LogP contribution in [0.15, 0.2) is 42.5 Å². The normalized spacial score (nSPS) is 13.2. The van der Waals surface area contributed by atoms with Gasteiger partial charge in [0.05, 0.1) is 5.69 Å². The van der Waals surface area contributed by atoms with Crippen LogP contribution in [0.25, 0.3) is 0 Å². The monoisotopic (exact) mass is 415 g/mol. The molecule has 0 aromatic heterocycles. The number of hydrogen-bond donors (Lipinski definition) is 2. The van der Waals surface area contributed by atoms with Gasteiger partial charge in [0.25, 0.3) is 5.91 Å². The highest BCUT2D eigenvalue weighted by Gasteiger charge is 2.28. The van der Waals surface area contributed by atoms with E-state index in [1.165, 1.54) is 35.2 Å². The highest BCUT2D eigenvalue weighted by atomic mass is 19.1. The lowest BCUT2D eigenvalue weighted by Crippen LogP contribution is -2.43. The molecule has 1 heterocycles. The predicted octanol–water partition coefficient (Wildman–Crippen LogP) is 3.54. The molecule has 1 aliphatic heterocycles. The SMILES string of the molecule is CC(C)(C)OC(=O)Nc1ccc2c(c1)N(CC(=O)Nc1ccc(F)cc1)C(=O)CO2. The molecule has 3 rings (SSSR count). The van der Waals surface area contributed by atoms with Gasteiger partial charge in [-0.15, -0.1) is 0 Å². The smallest absolute Gasteiger partial charge is 0.412 e. The van der Waals surface area contributed by atoms with E-state index in [-0.39, 0.29) is 13.2 Å². The minimum Gasteiger partial charge on any atom is -0.482 e. The zero-order chi connectivity index (χ0) is 21.9. The zero-order valence-electron chi connectivity index (χ0n) is 16.8. The van der Waals surface area contributed by atoms with Crippen LogP contribution in [0.1, 0.15) is 20.8 Å². The van der Waals surface area contributed by atoms with Crippen molar-refractivity contribution in [1.82, 2.24) is 0 Å². The highest BCUT2D eigenvalue weighted by molar-refractivity contribution is 6.05. The fourth-order valence-electron chi connectivity index (χ4n) is 2.75. The fraction of sp³-hybridized carbons (Fsp3) is 0.286. The summed E-state index contributed by atoms with van der Waals surface area (Å²) in [5.74, 6) is -0.895. The second kappa shape index (κ2) is 8.40. The summed E-state index contributed by atoms with van der Waals surface area (Å²) in [6, 6.07) is 10.0. The molecule has 30 heavy (non-hydrogen) atoms. The molecule has 0 aliphatic carbocycles. The van der Waals surface area contributed by atoms with Crippen LogP contribution in [-0.2, 0) is 14.3 Å². The maximum absolute atomic E-state index is 13.0. The molecular formula is C21H22FN3O5. The molecule has 0 fully saturated rings. The van der Waals surface area contributed by atoms with E-state index in [0.29, 0.717) is 22.8 Å². The van der Waals surface area contributed by atoms with Gasteiger partial charge in [-0.05, 0) is 63.2 Å². The molecule has 3 amide bonds. The number of fused-ring (bicyclic) bond motifs is 1. The molecule has 158 valence electrons. The second-order valence-electron chi connectivity index (χ2n) is 7.63. The molecule has 9 heteroatoms. The minimum absolute atomic E-state index is 0.213. The summed E-state index contributed by atoms with van der Waals surface area (Å²) in [6.45, 7) is 4.74. The molecule has 0 radical (unpaired) electrons. The third kappa shape index (κ3) is 5.47. The van der Waals surface area contributed by atoms with Gasteiger partial charge in [0.15, 0.2) is 6.61 Å². The Morgan fingerprint density at radius 3 is 2.43 bits per heavy atom. The van der Waals surface area contributed by atoms with Crippen LogP contribution in [0.4, 0.5) is 26.2 Å². The molecule has 0 saturated heterocycles. The topological polar surface area (TPSA) is 97.0 Å². The van der Waals surface area contributed by atoms with Crippen molar-refractivity contribution < 1.29 is 28.2 Å². The van der Waals surface area contributed by atoms with Gasteiger partial charge in [0.2, 0.25) is 5.91 Å². The molecule has 0 saturated carbocycles. The van der Waals surface area contributed by atoms with Crippen LogP contribution in [-0.4, -0.2) is 36.7 Å². The molecule has 0 atom stereocenters. The summed E-state index contributed by atoms with van der Waals surface area (Å²) in [7, 11) is 0. The molecule has 2 aromatic rings. The molecule has 8 nitrogen and oxygen atoms in total. The first kappa shape index (κ1) is 21.1. The number of rotatable bonds is 4. The number of halogens is 1. The molecule has 0 unspecified atom stereocenters. The Balaban J connectivity index is 1.75. The molecular weight excluding hydrogens is 393 g/mol. The number of nitrogens with zero attached hydrogens (tertiary/aromatic N) is 1. The first-order valence-corrected chi connectivity index (χ1v) is 9.23. The van der Waals surface area contributed by atoms with E-state index < -0.39 is 29.3 Å². The molecule has 0 bridgehead atoms. The number of carbonyl (C=O) groups excluding carboxylic acids is 3. The van der Waals surface area contributed by atoms with E-state index in [2.05, 4.69) is 10.6 Å². The third-order valence-electron chi connectivity index (χ3n) is 3.98. The fourth-order valence-corrected chi connectivity index (χ4v) is 2.75. The lowest BCUT2D eigenvalue weighted by Gasteiger charge is -2.29. The van der Waals surface area contributed by atoms with Crippen LogP contribution < -0.4 is 20.3 Å². The second-order valence-corrected chi connectivity index (χ2v) is 7.63. The summed E-state index contributed by atoms with van der Waals surface area (Å²) in [6.07, 6.45) is -0.647. The van der Waals surface area contributed by atoms with Gasteiger partial charge >= 0.3 is 6.09 Å². The van der Waals surface area contributed by atoms with E-state index in [9.17, 15) is 18.8 Å². The van der Waals surface area contributed by atoms with Gasteiger partial charge in [-0.3, -0.25) is 19.8 Å². The number of nitrogens with one attached hydrogen (secondary N) is 2. The number of amides is 3. The van der Waals surface area contributed by atoms with Crippen molar-refractivity contribution in [2.24, 2.45) is 0 Å². The summed E-state index contributed by atoms with van der Waals surface area (Å²) in [4.78, 5) is 38.1. The standard InChI is InChI=1S/C21H22FN3O5/c1-21(2,3)30-20(28)24-15-8-9-17-16(10-15)25(19(27)12-29-17)11-18(26)23-14-6-4-13(22)5-7-14/h4-10H,11-12H2,1-3H3,(H,23,26)(H,24,28). The van der Waals surface area contributed by atoms with Gasteiger partial charge in [-0.25, -0.2) is 9.18 Å². The van der Waals surface area contributed by atoms with E-state index >= 15 is 0 Å². The first-order valence-electron chi connectivity index (χ1n) is 9.23. The zero-order valence-corrected chi connectivity index (χ0v) is 16.8. The Hall–Kier alpha value is -3.62. The van der Waals surface area contributed by atoms with Crippen LogP contribution in [0.3, 0.4) is 0 Å². The van der Waals surface area contributed by atoms with Crippen LogP contribution >= 0.6 is 0 Å². The predicted molar refractivity (Wildman–Crippen MR) is 109 cm³/mol. The van der Waals surface area contributed by atoms with Gasteiger partial charge in [-0.2, -0.15) is 0 Å². The van der Waals surface area contributed by atoms with Gasteiger partial charge in [0, 0.05) is 11.4 Å². The Morgan fingerprint density at radius 1 is 1.10 bits per heavy atom. The van der Waals surface area contributed by atoms with Crippen LogP contribution in [0, 0.1) is 5.82 Å². The highest BCUT2D eigenvalue weighted by Crippen LogP contribution is 2.34. The lowest BCUT2D eigenvalue weighted by atomic mass is 10.2. The number of carbonyl (C=O) groups is 3. The van der Waals surface area contributed by atoms with Crippen molar-refractivity contribution in [2.75, 3.05) is 28.7 Å². The van der Waals surface area contributed by atoms with E-state index in [0.717, 1.165) is 0 Å². The van der Waals surface area contributed by atoms with Crippen molar-refractivity contribution in [2.45, 2.75) is 26.4 Å². The summed E-state index contributed by atoms with van der Waals surface area (Å²) in [5, 5.41) is 5.20. The molecule has 1 aliphatic rings. The molecule has 0 spiro atoms. The Kier molecular flexibility index (Phi) is 5.91. The summed E-state index contributed by atoms with van der Waals surface area (Å²) in [5.41, 5.74) is 0.462. The number of benzene rings is 2. The number of anilines is 3. The quantitative estimate of drug-likeness (QED) is 0.796. The van der Waals surface area contributed by atoms with Gasteiger partial charge in [-0.1, -0.05) is 0 Å². The van der Waals surface area contributed by atoms with Gasteiger partial charge < -0.3 is 14.8 Å². The van der Waals surface area contributed by atoms with Crippen LogP contribution in [0.5, 0.6) is 5.75 Å². The van der Waals surface area contributed by atoms with Crippen molar-refractivity contribution in [3.63, 3.8) is 0 Å². The van der Waals surface area contributed by atoms with Crippen molar-refractivity contribution >= 4 is 35.0 Å². The maximum Gasteiger partial charge on any atom is 0.412 e. The first-order chi connectivity index (χ1) is 14.1. The summed E-state index contributed by atoms with van der Waals surface area (Å²) < 4.78 is 23.6. The lowest BCUT2D eigenvalue weighted by molar-refractivity contribution is -0.123.